The Kier molecular flexibility index (Phi) is 6.86. The maximum atomic E-state index is 14.0. The maximum Gasteiger partial charge on any atom is 0.300 e. The number of benzene rings is 1. The molecular weight excluding hydrogens is 355 g/mol. The van der Waals surface area contributed by atoms with Gasteiger partial charge in [-0.05, 0) is 54.4 Å². The smallest absolute Gasteiger partial charge is 0.300 e. The number of aromatic nitrogens is 1. The van der Waals surface area contributed by atoms with Gasteiger partial charge in [-0.15, -0.1) is 0 Å². The standard InChI is InChI=1S/C22H31N2O2P/c1-17(2)21-12-11-18(3)14-22(21)26-27(25,20-9-5-4-6-10-20)24-16-19-8-7-13-23-15-19/h4-10,13,15,17-18,21-22H,11-12,14,16H2,1-3H3,(H,24,25)/t18-,21-,22-,27-/m1/s1. The number of nitrogens with zero attached hydrogens (tertiary/aromatic N) is 1. The zero-order valence-electron chi connectivity index (χ0n) is 16.5. The predicted molar refractivity (Wildman–Crippen MR) is 111 cm³/mol. The van der Waals surface area contributed by atoms with E-state index in [2.05, 4.69) is 30.8 Å². The molecule has 2 aromatic rings. The average Bonchev–Trinajstić information content (AvgIpc) is 2.68. The van der Waals surface area contributed by atoms with Crippen LogP contribution in [0.1, 0.15) is 45.6 Å². The second-order valence-electron chi connectivity index (χ2n) is 8.05. The molecule has 0 bridgehead atoms. The minimum absolute atomic E-state index is 0.0150. The van der Waals surface area contributed by atoms with Crippen LogP contribution in [0.4, 0.5) is 0 Å². The number of nitrogens with one attached hydrogen (secondary N) is 1. The van der Waals surface area contributed by atoms with Crippen LogP contribution in [-0.2, 0) is 15.6 Å². The monoisotopic (exact) mass is 386 g/mol. The molecule has 1 fully saturated rings. The number of pyridine rings is 1. The van der Waals surface area contributed by atoms with Crippen LogP contribution in [-0.4, -0.2) is 11.1 Å². The van der Waals surface area contributed by atoms with E-state index >= 15 is 0 Å². The molecule has 0 radical (unpaired) electrons. The Hall–Kier alpha value is -1.48. The highest BCUT2D eigenvalue weighted by Gasteiger charge is 2.37. The lowest BCUT2D eigenvalue weighted by molar-refractivity contribution is 0.0483. The molecule has 3 rings (SSSR count). The fourth-order valence-corrected chi connectivity index (χ4v) is 5.90. The zero-order valence-corrected chi connectivity index (χ0v) is 17.4. The fourth-order valence-electron chi connectivity index (χ4n) is 3.94. The van der Waals surface area contributed by atoms with Crippen molar-refractivity contribution < 1.29 is 9.09 Å². The number of hydrogen-bond donors (Lipinski definition) is 1. The molecule has 1 aliphatic rings. The van der Waals surface area contributed by atoms with Gasteiger partial charge in [0, 0.05) is 18.9 Å². The van der Waals surface area contributed by atoms with Gasteiger partial charge in [0.2, 0.25) is 0 Å². The zero-order chi connectivity index (χ0) is 19.3. The van der Waals surface area contributed by atoms with Crippen molar-refractivity contribution >= 4 is 12.8 Å². The summed E-state index contributed by atoms with van der Waals surface area (Å²) in [6.45, 7) is 7.22. The summed E-state index contributed by atoms with van der Waals surface area (Å²) in [7, 11) is -3.19. The molecule has 1 aromatic carbocycles. The van der Waals surface area contributed by atoms with Crippen molar-refractivity contribution in [3.8, 4) is 0 Å². The Labute approximate surface area is 163 Å². The van der Waals surface area contributed by atoms with Gasteiger partial charge in [0.25, 0.3) is 7.52 Å². The lowest BCUT2D eigenvalue weighted by atomic mass is 9.75. The lowest BCUT2D eigenvalue weighted by Gasteiger charge is -2.39. The first-order valence-corrected chi connectivity index (χ1v) is 11.6. The molecule has 1 saturated carbocycles. The minimum Gasteiger partial charge on any atom is -0.311 e. The molecule has 146 valence electrons. The van der Waals surface area contributed by atoms with Gasteiger partial charge in [-0.25, -0.2) is 5.09 Å². The molecule has 1 aliphatic carbocycles. The minimum atomic E-state index is -3.19. The van der Waals surface area contributed by atoms with E-state index < -0.39 is 7.52 Å². The number of hydrogen-bond acceptors (Lipinski definition) is 3. The van der Waals surface area contributed by atoms with Gasteiger partial charge in [-0.2, -0.15) is 0 Å². The van der Waals surface area contributed by atoms with Crippen molar-refractivity contribution in [1.82, 2.24) is 10.1 Å². The van der Waals surface area contributed by atoms with Crippen LogP contribution >= 0.6 is 7.52 Å². The van der Waals surface area contributed by atoms with Gasteiger partial charge >= 0.3 is 0 Å². The van der Waals surface area contributed by atoms with Crippen molar-refractivity contribution in [2.75, 3.05) is 0 Å². The normalized spacial score (nSPS) is 25.3. The Morgan fingerprint density at radius 3 is 2.63 bits per heavy atom. The van der Waals surface area contributed by atoms with Gasteiger partial charge in [0.15, 0.2) is 0 Å². The summed E-state index contributed by atoms with van der Waals surface area (Å²) in [5.74, 6) is 1.57. The highest BCUT2D eigenvalue weighted by Crippen LogP contribution is 2.48. The summed E-state index contributed by atoms with van der Waals surface area (Å²) in [5.41, 5.74) is 0.995. The van der Waals surface area contributed by atoms with E-state index in [1.807, 2.05) is 42.5 Å². The highest BCUT2D eigenvalue weighted by molar-refractivity contribution is 7.65. The Morgan fingerprint density at radius 1 is 1.19 bits per heavy atom. The third-order valence-corrected chi connectivity index (χ3v) is 7.68. The summed E-state index contributed by atoms with van der Waals surface area (Å²) < 4.78 is 20.4. The summed E-state index contributed by atoms with van der Waals surface area (Å²) in [5, 5.41) is 3.97. The first-order valence-electron chi connectivity index (χ1n) is 9.96. The fraction of sp³-hybridized carbons (Fsp3) is 0.500. The van der Waals surface area contributed by atoms with Crippen LogP contribution in [0.5, 0.6) is 0 Å². The molecule has 4 nitrogen and oxygen atoms in total. The molecule has 1 heterocycles. The van der Waals surface area contributed by atoms with Crippen LogP contribution < -0.4 is 10.4 Å². The number of rotatable bonds is 7. The van der Waals surface area contributed by atoms with Crippen LogP contribution in [0.25, 0.3) is 0 Å². The summed E-state index contributed by atoms with van der Waals surface area (Å²) in [6, 6.07) is 13.4. The van der Waals surface area contributed by atoms with Crippen LogP contribution in [0, 0.1) is 17.8 Å². The molecule has 1 N–H and O–H groups in total. The molecule has 0 saturated heterocycles. The van der Waals surface area contributed by atoms with Crippen molar-refractivity contribution in [3.05, 3.63) is 60.4 Å². The molecule has 4 atom stereocenters. The molecule has 0 amide bonds. The topological polar surface area (TPSA) is 51.2 Å². The molecule has 5 heteroatoms. The van der Waals surface area contributed by atoms with Crippen molar-refractivity contribution in [2.45, 2.75) is 52.7 Å². The van der Waals surface area contributed by atoms with Gasteiger partial charge in [-0.3, -0.25) is 9.55 Å². The summed E-state index contributed by atoms with van der Waals surface area (Å²) >= 11 is 0. The summed E-state index contributed by atoms with van der Waals surface area (Å²) in [6.07, 6.45) is 6.88. The molecular formula is C22H31N2O2P. The summed E-state index contributed by atoms with van der Waals surface area (Å²) in [4.78, 5) is 4.15. The van der Waals surface area contributed by atoms with Gasteiger partial charge < -0.3 is 4.52 Å². The van der Waals surface area contributed by atoms with Crippen LogP contribution in [0.15, 0.2) is 54.9 Å². The van der Waals surface area contributed by atoms with E-state index in [1.54, 1.807) is 12.4 Å². The predicted octanol–water partition coefficient (Wildman–Crippen LogP) is 5.17. The molecule has 0 spiro atoms. The van der Waals surface area contributed by atoms with Crippen LogP contribution in [0.2, 0.25) is 0 Å². The lowest BCUT2D eigenvalue weighted by Crippen LogP contribution is -2.36. The Balaban J connectivity index is 1.84. The molecule has 27 heavy (non-hydrogen) atoms. The van der Waals surface area contributed by atoms with E-state index in [0.29, 0.717) is 24.3 Å². The highest BCUT2D eigenvalue weighted by atomic mass is 31.2. The van der Waals surface area contributed by atoms with E-state index in [1.165, 1.54) is 6.42 Å². The Morgan fingerprint density at radius 2 is 1.96 bits per heavy atom. The second kappa shape index (κ2) is 9.14. The third-order valence-electron chi connectivity index (χ3n) is 5.56. The molecule has 1 aromatic heterocycles. The average molecular weight is 386 g/mol. The maximum absolute atomic E-state index is 14.0. The van der Waals surface area contributed by atoms with E-state index in [0.717, 1.165) is 23.7 Å². The molecule has 0 unspecified atom stereocenters. The van der Waals surface area contributed by atoms with Gasteiger partial charge in [0.1, 0.15) is 0 Å². The third kappa shape index (κ3) is 5.28. The van der Waals surface area contributed by atoms with Crippen molar-refractivity contribution in [1.29, 1.82) is 0 Å². The Bertz CT molecular complexity index is 751. The first-order chi connectivity index (χ1) is 13.0. The SMILES string of the molecule is CC(C)[C@H]1CC[C@@H](C)C[C@H]1O[P@@](=O)(NCc1cccnc1)c1ccccc1. The van der Waals surface area contributed by atoms with E-state index in [9.17, 15) is 4.57 Å². The molecule has 0 aliphatic heterocycles. The van der Waals surface area contributed by atoms with Gasteiger partial charge in [-0.1, -0.05) is 51.5 Å². The van der Waals surface area contributed by atoms with Gasteiger partial charge in [0.05, 0.1) is 11.4 Å². The van der Waals surface area contributed by atoms with Crippen LogP contribution in [0.3, 0.4) is 0 Å². The van der Waals surface area contributed by atoms with Crippen molar-refractivity contribution in [3.63, 3.8) is 0 Å². The largest absolute Gasteiger partial charge is 0.311 e. The van der Waals surface area contributed by atoms with Crippen molar-refractivity contribution in [2.24, 2.45) is 17.8 Å². The quantitative estimate of drug-likeness (QED) is 0.667. The first kappa shape index (κ1) is 20.3. The second-order valence-corrected chi connectivity index (χ2v) is 10.2. The van der Waals surface area contributed by atoms with E-state index in [4.69, 9.17) is 4.52 Å². The van der Waals surface area contributed by atoms with E-state index in [-0.39, 0.29) is 6.10 Å².